The van der Waals surface area contributed by atoms with Crippen LogP contribution < -0.4 is 0 Å². The zero-order valence-corrected chi connectivity index (χ0v) is 11.6. The standard InChI is InChI=1S/C13H25NO3/c1-9(8-13(3,4)17-5)14-7-6-11(10(14)2)12(15)16/h9-11H,6-8H2,1-5H3,(H,15,16). The lowest BCUT2D eigenvalue weighted by Gasteiger charge is -2.34. The van der Waals surface area contributed by atoms with Crippen LogP contribution in [0.1, 0.15) is 40.5 Å². The average Bonchev–Trinajstić information content (AvgIpc) is 2.59. The first kappa shape index (κ1) is 14.5. The molecule has 4 nitrogen and oxygen atoms in total. The van der Waals surface area contributed by atoms with Crippen molar-refractivity contribution in [2.75, 3.05) is 13.7 Å². The van der Waals surface area contributed by atoms with Gasteiger partial charge in [-0.3, -0.25) is 9.69 Å². The zero-order valence-electron chi connectivity index (χ0n) is 11.6. The molecule has 0 aromatic carbocycles. The molecule has 1 rings (SSSR count). The van der Waals surface area contributed by atoms with Crippen LogP contribution in [-0.4, -0.2) is 47.3 Å². The zero-order chi connectivity index (χ0) is 13.2. The van der Waals surface area contributed by atoms with E-state index in [1.54, 1.807) is 7.11 Å². The highest BCUT2D eigenvalue weighted by atomic mass is 16.5. The highest BCUT2D eigenvalue weighted by Crippen LogP contribution is 2.29. The first-order valence-electron chi connectivity index (χ1n) is 6.32. The molecule has 17 heavy (non-hydrogen) atoms. The van der Waals surface area contributed by atoms with Gasteiger partial charge < -0.3 is 9.84 Å². The van der Waals surface area contributed by atoms with Gasteiger partial charge in [-0.25, -0.2) is 0 Å². The molecule has 0 spiro atoms. The molecule has 3 unspecified atom stereocenters. The van der Waals surface area contributed by atoms with Crippen LogP contribution >= 0.6 is 0 Å². The van der Waals surface area contributed by atoms with Crippen LogP contribution in [-0.2, 0) is 9.53 Å². The van der Waals surface area contributed by atoms with Gasteiger partial charge in [0.25, 0.3) is 0 Å². The van der Waals surface area contributed by atoms with Gasteiger partial charge in [-0.15, -0.1) is 0 Å². The maximum Gasteiger partial charge on any atom is 0.308 e. The van der Waals surface area contributed by atoms with Crippen molar-refractivity contribution in [3.63, 3.8) is 0 Å². The molecule has 0 radical (unpaired) electrons. The van der Waals surface area contributed by atoms with Crippen molar-refractivity contribution in [3.8, 4) is 0 Å². The number of rotatable bonds is 5. The molecule has 1 N–H and O–H groups in total. The van der Waals surface area contributed by atoms with E-state index in [1.165, 1.54) is 0 Å². The Morgan fingerprint density at radius 3 is 2.59 bits per heavy atom. The van der Waals surface area contributed by atoms with Crippen LogP contribution in [0.2, 0.25) is 0 Å². The summed E-state index contributed by atoms with van der Waals surface area (Å²) >= 11 is 0. The van der Waals surface area contributed by atoms with Gasteiger partial charge in [-0.05, 0) is 47.1 Å². The van der Waals surface area contributed by atoms with Gasteiger partial charge in [0.05, 0.1) is 11.5 Å². The van der Waals surface area contributed by atoms with E-state index in [1.807, 2.05) is 6.92 Å². The average molecular weight is 243 g/mol. The molecule has 4 heteroatoms. The minimum Gasteiger partial charge on any atom is -0.481 e. The smallest absolute Gasteiger partial charge is 0.308 e. The van der Waals surface area contributed by atoms with Crippen molar-refractivity contribution in [1.29, 1.82) is 0 Å². The molecule has 1 heterocycles. The van der Waals surface area contributed by atoms with Crippen molar-refractivity contribution in [3.05, 3.63) is 0 Å². The van der Waals surface area contributed by atoms with E-state index in [0.29, 0.717) is 6.04 Å². The second-order valence-electron chi connectivity index (χ2n) is 5.73. The Morgan fingerprint density at radius 1 is 1.59 bits per heavy atom. The van der Waals surface area contributed by atoms with Gasteiger partial charge >= 0.3 is 5.97 Å². The van der Waals surface area contributed by atoms with Gasteiger partial charge in [0.1, 0.15) is 0 Å². The van der Waals surface area contributed by atoms with E-state index in [9.17, 15) is 4.79 Å². The van der Waals surface area contributed by atoms with Crippen molar-refractivity contribution < 1.29 is 14.6 Å². The molecule has 3 atom stereocenters. The van der Waals surface area contributed by atoms with Crippen LogP contribution in [0.4, 0.5) is 0 Å². The summed E-state index contributed by atoms with van der Waals surface area (Å²) in [4.78, 5) is 13.4. The Labute approximate surface area is 104 Å². The fourth-order valence-corrected chi connectivity index (χ4v) is 2.83. The number of hydrogen-bond donors (Lipinski definition) is 1. The third-order valence-electron chi connectivity index (χ3n) is 4.03. The number of hydrogen-bond acceptors (Lipinski definition) is 3. The van der Waals surface area contributed by atoms with Crippen molar-refractivity contribution in [2.45, 2.75) is 58.2 Å². The molecule has 100 valence electrons. The predicted octanol–water partition coefficient (Wildman–Crippen LogP) is 1.99. The normalized spacial score (nSPS) is 28.3. The minimum absolute atomic E-state index is 0.121. The van der Waals surface area contributed by atoms with Crippen LogP contribution in [0.3, 0.4) is 0 Å². The maximum absolute atomic E-state index is 11.1. The van der Waals surface area contributed by atoms with E-state index >= 15 is 0 Å². The lowest BCUT2D eigenvalue weighted by atomic mass is 9.97. The van der Waals surface area contributed by atoms with Crippen LogP contribution in [0.25, 0.3) is 0 Å². The van der Waals surface area contributed by atoms with E-state index < -0.39 is 5.97 Å². The monoisotopic (exact) mass is 243 g/mol. The van der Waals surface area contributed by atoms with Gasteiger partial charge in [0.2, 0.25) is 0 Å². The SMILES string of the molecule is COC(C)(C)CC(C)N1CCC(C(=O)O)C1C. The fraction of sp³-hybridized carbons (Fsp3) is 0.923. The number of likely N-dealkylation sites (tertiary alicyclic amines) is 1. The highest BCUT2D eigenvalue weighted by molar-refractivity contribution is 5.71. The van der Waals surface area contributed by atoms with Crippen molar-refractivity contribution in [2.24, 2.45) is 5.92 Å². The number of carboxylic acid groups (broad SMARTS) is 1. The lowest BCUT2D eigenvalue weighted by molar-refractivity contribution is -0.142. The second-order valence-corrected chi connectivity index (χ2v) is 5.73. The van der Waals surface area contributed by atoms with Crippen molar-refractivity contribution in [1.82, 2.24) is 4.90 Å². The third-order valence-corrected chi connectivity index (χ3v) is 4.03. The Bertz CT molecular complexity index is 278. The predicted molar refractivity (Wildman–Crippen MR) is 67.1 cm³/mol. The summed E-state index contributed by atoms with van der Waals surface area (Å²) in [6.07, 6.45) is 1.68. The number of methoxy groups -OCH3 is 1. The Morgan fingerprint density at radius 2 is 2.18 bits per heavy atom. The van der Waals surface area contributed by atoms with E-state index in [0.717, 1.165) is 19.4 Å². The molecule has 0 aromatic rings. The third kappa shape index (κ3) is 3.42. The first-order chi connectivity index (χ1) is 7.78. The van der Waals surface area contributed by atoms with Crippen molar-refractivity contribution >= 4 is 5.97 Å². The van der Waals surface area contributed by atoms with Crippen LogP contribution in [0.15, 0.2) is 0 Å². The molecule has 1 aliphatic rings. The van der Waals surface area contributed by atoms with Gasteiger partial charge in [-0.1, -0.05) is 0 Å². The summed E-state index contributed by atoms with van der Waals surface area (Å²) in [7, 11) is 1.72. The number of ether oxygens (including phenoxy) is 1. The molecule has 0 bridgehead atoms. The molecule has 0 aliphatic carbocycles. The van der Waals surface area contributed by atoms with Gasteiger partial charge in [-0.2, -0.15) is 0 Å². The largest absolute Gasteiger partial charge is 0.481 e. The molecule has 0 aromatic heterocycles. The molecular weight excluding hydrogens is 218 g/mol. The number of aliphatic carboxylic acids is 1. The summed E-state index contributed by atoms with van der Waals surface area (Å²) < 4.78 is 5.43. The summed E-state index contributed by atoms with van der Waals surface area (Å²) in [5.41, 5.74) is -0.152. The van der Waals surface area contributed by atoms with Gasteiger partial charge in [0.15, 0.2) is 0 Å². The molecule has 1 fully saturated rings. The minimum atomic E-state index is -0.668. The van der Waals surface area contributed by atoms with Crippen LogP contribution in [0.5, 0.6) is 0 Å². The Kier molecular flexibility index (Phi) is 4.55. The first-order valence-corrected chi connectivity index (χ1v) is 6.32. The number of nitrogens with zero attached hydrogens (tertiary/aromatic N) is 1. The topological polar surface area (TPSA) is 49.8 Å². The summed E-state index contributed by atoms with van der Waals surface area (Å²) in [6.45, 7) is 9.18. The summed E-state index contributed by atoms with van der Waals surface area (Å²) in [5, 5.41) is 9.11. The molecule has 1 aliphatic heterocycles. The molecular formula is C13H25NO3. The van der Waals surface area contributed by atoms with E-state index in [-0.39, 0.29) is 17.6 Å². The molecule has 0 amide bonds. The fourth-order valence-electron chi connectivity index (χ4n) is 2.83. The lowest BCUT2D eigenvalue weighted by Crippen LogP contribution is -2.43. The second kappa shape index (κ2) is 5.36. The van der Waals surface area contributed by atoms with E-state index in [2.05, 4.69) is 25.7 Å². The van der Waals surface area contributed by atoms with E-state index in [4.69, 9.17) is 9.84 Å². The quantitative estimate of drug-likeness (QED) is 0.802. The van der Waals surface area contributed by atoms with Crippen LogP contribution in [0, 0.1) is 5.92 Å². The molecule has 1 saturated heterocycles. The molecule has 0 saturated carbocycles. The maximum atomic E-state index is 11.1. The Balaban J connectivity index is 2.60. The van der Waals surface area contributed by atoms with Gasteiger partial charge in [0, 0.05) is 19.2 Å². The summed E-state index contributed by atoms with van der Waals surface area (Å²) in [6, 6.07) is 0.472. The Hall–Kier alpha value is -0.610. The summed E-state index contributed by atoms with van der Waals surface area (Å²) in [5.74, 6) is -0.888. The highest BCUT2D eigenvalue weighted by Gasteiger charge is 2.38. The number of carboxylic acids is 1. The number of carbonyl (C=O) groups is 1.